The van der Waals surface area contributed by atoms with E-state index >= 15 is 0 Å². The quantitative estimate of drug-likeness (QED) is 0.157. The summed E-state index contributed by atoms with van der Waals surface area (Å²) in [6, 6.07) is 10.2. The molecule has 54 heavy (non-hydrogen) atoms. The van der Waals surface area contributed by atoms with E-state index in [9.17, 15) is 8.78 Å². The molecule has 0 unspecified atom stereocenters. The molecule has 0 radical (unpaired) electrons. The fraction of sp³-hybridized carbons (Fsp3) is 0.636. The molecule has 3 heterocycles. The first-order chi connectivity index (χ1) is 23.0. The molecule has 2 aromatic heterocycles. The monoisotopic (exact) mass is 850 g/mol. The zero-order valence-corrected chi connectivity index (χ0v) is 37.1. The van der Waals surface area contributed by atoms with Gasteiger partial charge in [-0.15, -0.1) is 0 Å². The Kier molecular flexibility index (Phi) is 18.1. The van der Waals surface area contributed by atoms with E-state index in [-0.39, 0.29) is 41.3 Å². The second-order valence-electron chi connectivity index (χ2n) is 17.4. The van der Waals surface area contributed by atoms with Crippen LogP contribution in [0.15, 0.2) is 53.3 Å². The summed E-state index contributed by atoms with van der Waals surface area (Å²) in [5.74, 6) is -0.356. The second kappa shape index (κ2) is 18.7. The predicted molar refractivity (Wildman–Crippen MR) is 247 cm³/mol. The average molecular weight is 852 g/mol. The van der Waals surface area contributed by atoms with Gasteiger partial charge in [-0.1, -0.05) is 119 Å². The van der Waals surface area contributed by atoms with Crippen molar-refractivity contribution in [2.75, 3.05) is 0 Å². The van der Waals surface area contributed by atoms with Crippen LogP contribution in [-0.2, 0) is 9.31 Å². The van der Waals surface area contributed by atoms with Gasteiger partial charge in [0.15, 0.2) is 16.5 Å². The number of hydrogen-bond acceptors (Lipinski definition) is 2. The molecule has 0 atom stereocenters. The van der Waals surface area contributed by atoms with Crippen molar-refractivity contribution in [3.05, 3.63) is 64.9 Å². The van der Waals surface area contributed by atoms with E-state index in [0.717, 1.165) is 31.7 Å². The van der Waals surface area contributed by atoms with Crippen molar-refractivity contribution in [3.8, 4) is 0 Å². The minimum atomic E-state index is -2.05. The van der Waals surface area contributed by atoms with Crippen molar-refractivity contribution in [2.45, 2.75) is 185 Å². The van der Waals surface area contributed by atoms with Crippen LogP contribution in [-0.4, -0.2) is 43.3 Å². The van der Waals surface area contributed by atoms with Gasteiger partial charge < -0.3 is 17.8 Å². The lowest BCUT2D eigenvalue weighted by atomic mass is 9.79. The number of halogens is 3. The van der Waals surface area contributed by atoms with Crippen molar-refractivity contribution >= 4 is 66.8 Å². The number of hydrogen-bond donors (Lipinski definition) is 0. The summed E-state index contributed by atoms with van der Waals surface area (Å²) in [4.78, 5) is 0. The maximum Gasteiger partial charge on any atom is 0.497 e. The van der Waals surface area contributed by atoms with Gasteiger partial charge in [-0.3, -0.25) is 0 Å². The van der Waals surface area contributed by atoms with Crippen LogP contribution in [0.4, 0.5) is 8.78 Å². The van der Waals surface area contributed by atoms with Gasteiger partial charge in [0.25, 0.3) is 0 Å². The molecule has 0 spiro atoms. The fourth-order valence-electron chi connectivity index (χ4n) is 9.85. The van der Waals surface area contributed by atoms with E-state index in [1.54, 1.807) is 24.3 Å². The van der Waals surface area contributed by atoms with E-state index in [1.165, 1.54) is 0 Å². The summed E-state index contributed by atoms with van der Waals surface area (Å²) < 4.78 is 46.9. The molecular formula is C44H78BBrF2N2O2Si2. The normalized spacial score (nSPS) is 15.5. The third-order valence-electron chi connectivity index (χ3n) is 12.4. The van der Waals surface area contributed by atoms with E-state index in [2.05, 4.69) is 148 Å². The Morgan fingerprint density at radius 2 is 0.870 bits per heavy atom. The zero-order chi connectivity index (χ0) is 37.9. The summed E-state index contributed by atoms with van der Waals surface area (Å²) in [6.07, 6.45) is 4.41. The first-order valence-corrected chi connectivity index (χ1v) is 23.8. The Balaban J connectivity index is 0.00000101. The molecule has 5 rings (SSSR count). The Bertz CT molecular complexity index is 1750. The standard InChI is InChI=1S/C23H37BFNO2Si.C17H25BrFNSi.4CH4/c1-15(2)29(16(3)4,17(5)6)26-14-20(19-12-11-18(25)13-21(19)26)24-27-22(7,8)23(9,10)28-24;1-11(2)21(12(3)4,13(5)6)20-10-16(18)15-8-7-14(19)9-17(15)20;;;;/h11-17H,1-10H3;7-13H,1-6H3;4*1H4. The lowest BCUT2D eigenvalue weighted by Gasteiger charge is -2.44. The van der Waals surface area contributed by atoms with Crippen LogP contribution in [0.5, 0.6) is 0 Å². The lowest BCUT2D eigenvalue weighted by Crippen LogP contribution is -2.52. The van der Waals surface area contributed by atoms with Gasteiger partial charge in [-0.25, -0.2) is 8.78 Å². The van der Waals surface area contributed by atoms with Gasteiger partial charge in [-0.2, -0.15) is 0 Å². The van der Waals surface area contributed by atoms with Crippen LogP contribution in [0.25, 0.3) is 21.8 Å². The first kappa shape index (κ1) is 52.3. The number of benzene rings is 2. The summed E-state index contributed by atoms with van der Waals surface area (Å²) in [5.41, 5.74) is 5.48. The molecule has 308 valence electrons. The summed E-state index contributed by atoms with van der Waals surface area (Å²) >= 11 is 3.66. The maximum atomic E-state index is 14.4. The maximum absolute atomic E-state index is 14.4. The SMILES string of the molecule is C.C.C.C.CC(C)[Si](C(C)C)(C(C)C)n1cc(B2OC(C)(C)C(C)(C)O2)c2ccc(F)cc21.CC(C)[Si](C(C)C)(C(C)C)n1cc(Br)c2ccc(F)cc21. The highest BCUT2D eigenvalue weighted by atomic mass is 79.9. The number of aromatic nitrogens is 2. The van der Waals surface area contributed by atoms with Gasteiger partial charge in [0.1, 0.15) is 11.6 Å². The van der Waals surface area contributed by atoms with Crippen LogP contribution in [0.3, 0.4) is 0 Å². The number of nitrogens with zero attached hydrogens (tertiary/aromatic N) is 2. The van der Waals surface area contributed by atoms with Crippen LogP contribution in [0.1, 0.15) is 140 Å². The Hall–Kier alpha value is -1.72. The van der Waals surface area contributed by atoms with Crippen LogP contribution in [0, 0.1) is 11.6 Å². The minimum absolute atomic E-state index is 0. The molecule has 0 bridgehead atoms. The van der Waals surface area contributed by atoms with Gasteiger partial charge in [0.05, 0.1) is 11.2 Å². The van der Waals surface area contributed by atoms with Crippen LogP contribution in [0.2, 0.25) is 33.2 Å². The second-order valence-corrected chi connectivity index (χ2v) is 29.7. The zero-order valence-electron chi connectivity index (χ0n) is 33.5. The molecule has 2 aromatic carbocycles. The Morgan fingerprint density at radius 1 is 0.556 bits per heavy atom. The van der Waals surface area contributed by atoms with E-state index in [1.807, 2.05) is 12.1 Å². The van der Waals surface area contributed by atoms with Crippen molar-refractivity contribution in [3.63, 3.8) is 0 Å². The molecule has 1 saturated heterocycles. The molecule has 0 aliphatic carbocycles. The van der Waals surface area contributed by atoms with Crippen LogP contribution >= 0.6 is 15.9 Å². The molecule has 4 aromatic rings. The first-order valence-electron chi connectivity index (χ1n) is 18.6. The third kappa shape index (κ3) is 8.58. The molecule has 1 aliphatic rings. The summed E-state index contributed by atoms with van der Waals surface area (Å²) in [7, 11) is -4.36. The molecule has 1 aliphatic heterocycles. The average Bonchev–Trinajstić information content (AvgIpc) is 3.56. The van der Waals surface area contributed by atoms with Gasteiger partial charge in [0.2, 0.25) is 0 Å². The van der Waals surface area contributed by atoms with Crippen molar-refractivity contribution in [1.29, 1.82) is 0 Å². The van der Waals surface area contributed by atoms with Crippen LogP contribution < -0.4 is 5.46 Å². The Morgan fingerprint density at radius 3 is 1.22 bits per heavy atom. The number of fused-ring (bicyclic) bond motifs is 2. The van der Waals surface area contributed by atoms with Crippen molar-refractivity contribution in [2.24, 2.45) is 0 Å². The molecule has 4 nitrogen and oxygen atoms in total. The molecule has 0 N–H and O–H groups in total. The molecule has 0 amide bonds. The molecule has 10 heteroatoms. The van der Waals surface area contributed by atoms with Crippen molar-refractivity contribution < 1.29 is 18.1 Å². The largest absolute Gasteiger partial charge is 0.497 e. The van der Waals surface area contributed by atoms with Gasteiger partial charge in [-0.05, 0) is 119 Å². The number of rotatable bonds is 9. The van der Waals surface area contributed by atoms with E-state index < -0.39 is 34.8 Å². The van der Waals surface area contributed by atoms with E-state index in [0.29, 0.717) is 33.2 Å². The highest BCUT2D eigenvalue weighted by Gasteiger charge is 2.54. The van der Waals surface area contributed by atoms with Crippen molar-refractivity contribution in [1.82, 2.24) is 8.47 Å². The predicted octanol–water partition coefficient (Wildman–Crippen LogP) is 15.2. The van der Waals surface area contributed by atoms with Gasteiger partial charge in [0, 0.05) is 32.6 Å². The van der Waals surface area contributed by atoms with Gasteiger partial charge >= 0.3 is 7.12 Å². The smallest absolute Gasteiger partial charge is 0.399 e. The highest BCUT2D eigenvalue weighted by Crippen LogP contribution is 2.47. The Labute approximate surface area is 341 Å². The molecule has 0 saturated carbocycles. The highest BCUT2D eigenvalue weighted by molar-refractivity contribution is 9.10. The fourth-order valence-corrected chi connectivity index (χ4v) is 23.8. The summed E-state index contributed by atoms with van der Waals surface area (Å²) in [6.45, 7) is 36.2. The summed E-state index contributed by atoms with van der Waals surface area (Å²) in [5, 5.41) is 2.14. The lowest BCUT2D eigenvalue weighted by molar-refractivity contribution is 0.00578. The minimum Gasteiger partial charge on any atom is -0.399 e. The topological polar surface area (TPSA) is 28.3 Å². The van der Waals surface area contributed by atoms with E-state index in [4.69, 9.17) is 9.31 Å². The molecular weight excluding hydrogens is 773 g/mol. The molecule has 1 fully saturated rings. The third-order valence-corrected chi connectivity index (χ3v) is 26.5.